The number of fused-ring (bicyclic) bond motifs is 1. The molecule has 0 unspecified atom stereocenters. The van der Waals surface area contributed by atoms with Crippen molar-refractivity contribution in [2.45, 2.75) is 70.3 Å². The van der Waals surface area contributed by atoms with E-state index < -0.39 is 30.9 Å². The third-order valence-electron chi connectivity index (χ3n) is 4.75. The zero-order valence-corrected chi connectivity index (χ0v) is 13.4. The molecule has 1 aliphatic heterocycles. The van der Waals surface area contributed by atoms with Gasteiger partial charge in [0.05, 0.1) is 0 Å². The lowest BCUT2D eigenvalue weighted by Crippen LogP contribution is -2.50. The summed E-state index contributed by atoms with van der Waals surface area (Å²) in [5.41, 5.74) is -0.402. The molecule has 0 radical (unpaired) electrons. The first-order valence-corrected chi connectivity index (χ1v) is 8.38. The minimum absolute atomic E-state index is 0.379. The van der Waals surface area contributed by atoms with E-state index in [4.69, 9.17) is 0 Å². The highest BCUT2D eigenvalue weighted by Crippen LogP contribution is 2.28. The summed E-state index contributed by atoms with van der Waals surface area (Å²) in [6, 6.07) is -0.379. The fourth-order valence-electron chi connectivity index (χ4n) is 3.26. The molecule has 2 heterocycles. The van der Waals surface area contributed by atoms with Gasteiger partial charge in [-0.2, -0.15) is 18.3 Å². The van der Waals surface area contributed by atoms with Gasteiger partial charge in [-0.3, -0.25) is 9.36 Å². The van der Waals surface area contributed by atoms with Gasteiger partial charge < -0.3 is 4.90 Å². The van der Waals surface area contributed by atoms with E-state index in [-0.39, 0.29) is 6.04 Å². The molecule has 0 bridgehead atoms. The highest BCUT2D eigenvalue weighted by Gasteiger charge is 2.38. The number of aryl methyl sites for hydroxylation is 1. The van der Waals surface area contributed by atoms with Gasteiger partial charge in [-0.25, -0.2) is 9.48 Å². The van der Waals surface area contributed by atoms with Crippen molar-refractivity contribution >= 4 is 5.91 Å². The topological polar surface area (TPSA) is 60.1 Å². The molecule has 134 valence electrons. The van der Waals surface area contributed by atoms with Gasteiger partial charge in [-0.1, -0.05) is 6.42 Å². The standard InChI is InChI=1S/C15H21F3N4O2/c16-15(17,18)10-21(11-5-4-6-11)13(23)9-22-14(24)20-8-3-1-2-7-12(20)19-22/h11H,1-10H2. The molecule has 24 heavy (non-hydrogen) atoms. The van der Waals surface area contributed by atoms with Crippen LogP contribution in [0.2, 0.25) is 0 Å². The predicted octanol–water partition coefficient (Wildman–Crippen LogP) is 1.71. The van der Waals surface area contributed by atoms with Gasteiger partial charge in [0, 0.05) is 19.0 Å². The van der Waals surface area contributed by atoms with Crippen LogP contribution in [0.25, 0.3) is 0 Å². The highest BCUT2D eigenvalue weighted by atomic mass is 19.4. The quantitative estimate of drug-likeness (QED) is 0.834. The summed E-state index contributed by atoms with van der Waals surface area (Å²) < 4.78 is 40.8. The van der Waals surface area contributed by atoms with E-state index in [0.29, 0.717) is 31.6 Å². The number of rotatable bonds is 4. The lowest BCUT2D eigenvalue weighted by atomic mass is 9.91. The van der Waals surface area contributed by atoms with Crippen molar-refractivity contribution in [3.63, 3.8) is 0 Å². The van der Waals surface area contributed by atoms with E-state index in [9.17, 15) is 22.8 Å². The predicted molar refractivity (Wildman–Crippen MR) is 79.4 cm³/mol. The smallest absolute Gasteiger partial charge is 0.329 e. The van der Waals surface area contributed by atoms with Crippen LogP contribution in [0.15, 0.2) is 4.79 Å². The zero-order chi connectivity index (χ0) is 17.3. The Balaban J connectivity index is 1.76. The average molecular weight is 346 g/mol. The summed E-state index contributed by atoms with van der Waals surface area (Å²) >= 11 is 0. The monoisotopic (exact) mass is 346 g/mol. The molecule has 0 spiro atoms. The second-order valence-corrected chi connectivity index (χ2v) is 6.54. The van der Waals surface area contributed by atoms with Crippen molar-refractivity contribution in [1.82, 2.24) is 19.2 Å². The second kappa shape index (κ2) is 6.60. The summed E-state index contributed by atoms with van der Waals surface area (Å²) in [5, 5.41) is 4.17. The number of alkyl halides is 3. The molecular weight excluding hydrogens is 325 g/mol. The van der Waals surface area contributed by atoms with E-state index in [1.165, 1.54) is 4.57 Å². The van der Waals surface area contributed by atoms with Crippen molar-refractivity contribution < 1.29 is 18.0 Å². The Kier molecular flexibility index (Phi) is 4.69. The van der Waals surface area contributed by atoms with Crippen molar-refractivity contribution in [2.75, 3.05) is 6.54 Å². The van der Waals surface area contributed by atoms with Crippen LogP contribution in [0.4, 0.5) is 13.2 Å². The van der Waals surface area contributed by atoms with Crippen molar-refractivity contribution in [1.29, 1.82) is 0 Å². The Hall–Kier alpha value is -1.80. The van der Waals surface area contributed by atoms with Gasteiger partial charge in [0.15, 0.2) is 0 Å². The summed E-state index contributed by atoms with van der Waals surface area (Å²) in [7, 11) is 0. The molecule has 0 aromatic carbocycles. The number of amides is 1. The van der Waals surface area contributed by atoms with Gasteiger partial charge in [0.2, 0.25) is 5.91 Å². The molecule has 3 rings (SSSR count). The number of hydrogen-bond acceptors (Lipinski definition) is 3. The fraction of sp³-hybridized carbons (Fsp3) is 0.800. The average Bonchev–Trinajstić information content (AvgIpc) is 2.62. The van der Waals surface area contributed by atoms with Crippen LogP contribution in [0.1, 0.15) is 44.3 Å². The number of hydrogen-bond donors (Lipinski definition) is 0. The normalized spacial score (nSPS) is 18.6. The Morgan fingerprint density at radius 1 is 1.21 bits per heavy atom. The van der Waals surface area contributed by atoms with Gasteiger partial charge >= 0.3 is 11.9 Å². The minimum atomic E-state index is -4.44. The summed E-state index contributed by atoms with van der Waals surface area (Å²) in [5.74, 6) is -0.0660. The lowest BCUT2D eigenvalue weighted by Gasteiger charge is -2.37. The first kappa shape index (κ1) is 17.0. The molecule has 6 nitrogen and oxygen atoms in total. The van der Waals surface area contributed by atoms with E-state index >= 15 is 0 Å². The SMILES string of the molecule is O=C(Cn1nc2n(c1=O)CCCCC2)N(CC(F)(F)F)C1CCC1. The molecule has 1 saturated carbocycles. The van der Waals surface area contributed by atoms with Crippen LogP contribution in [-0.4, -0.2) is 43.9 Å². The van der Waals surface area contributed by atoms with Crippen molar-refractivity contribution in [3.05, 3.63) is 16.3 Å². The number of carbonyl (C=O) groups excluding carboxylic acids is 1. The molecule has 1 aromatic heterocycles. The Morgan fingerprint density at radius 2 is 1.96 bits per heavy atom. The Labute approximate surface area is 137 Å². The van der Waals surface area contributed by atoms with Gasteiger partial charge in [0.25, 0.3) is 0 Å². The van der Waals surface area contributed by atoms with Gasteiger partial charge in [0.1, 0.15) is 18.9 Å². The molecule has 1 amide bonds. The van der Waals surface area contributed by atoms with Crippen LogP contribution >= 0.6 is 0 Å². The molecule has 0 saturated heterocycles. The maximum atomic E-state index is 12.8. The maximum Gasteiger partial charge on any atom is 0.406 e. The molecule has 9 heteroatoms. The first-order valence-electron chi connectivity index (χ1n) is 8.38. The van der Waals surface area contributed by atoms with Crippen LogP contribution in [0.5, 0.6) is 0 Å². The third kappa shape index (κ3) is 3.64. The molecule has 1 aliphatic carbocycles. The van der Waals surface area contributed by atoms with Crippen LogP contribution in [0, 0.1) is 0 Å². The van der Waals surface area contributed by atoms with Crippen LogP contribution < -0.4 is 5.69 Å². The van der Waals surface area contributed by atoms with Crippen molar-refractivity contribution in [2.24, 2.45) is 0 Å². The van der Waals surface area contributed by atoms with Gasteiger partial charge in [-0.15, -0.1) is 0 Å². The minimum Gasteiger partial charge on any atom is -0.329 e. The Bertz CT molecular complexity index is 661. The number of aromatic nitrogens is 3. The first-order chi connectivity index (χ1) is 11.3. The van der Waals surface area contributed by atoms with E-state index in [0.717, 1.165) is 35.3 Å². The number of nitrogens with zero attached hydrogens (tertiary/aromatic N) is 4. The molecule has 2 aliphatic rings. The van der Waals surface area contributed by atoms with E-state index in [1.54, 1.807) is 0 Å². The summed E-state index contributed by atoms with van der Waals surface area (Å²) in [6.07, 6.45) is 1.01. The lowest BCUT2D eigenvalue weighted by molar-refractivity contribution is -0.169. The molecule has 0 atom stereocenters. The summed E-state index contributed by atoms with van der Waals surface area (Å²) in [6.45, 7) is -1.14. The fourth-order valence-corrected chi connectivity index (χ4v) is 3.26. The molecule has 1 aromatic rings. The maximum absolute atomic E-state index is 12.8. The summed E-state index contributed by atoms with van der Waals surface area (Å²) in [4.78, 5) is 25.6. The van der Waals surface area contributed by atoms with Crippen molar-refractivity contribution in [3.8, 4) is 0 Å². The molecule has 1 fully saturated rings. The largest absolute Gasteiger partial charge is 0.406 e. The van der Waals surface area contributed by atoms with Crippen LogP contribution in [0.3, 0.4) is 0 Å². The van der Waals surface area contributed by atoms with E-state index in [2.05, 4.69) is 5.10 Å². The molecule has 0 N–H and O–H groups in total. The zero-order valence-electron chi connectivity index (χ0n) is 13.4. The van der Waals surface area contributed by atoms with Gasteiger partial charge in [-0.05, 0) is 32.1 Å². The van der Waals surface area contributed by atoms with Crippen LogP contribution in [-0.2, 0) is 24.3 Å². The highest BCUT2D eigenvalue weighted by molar-refractivity contribution is 5.76. The second-order valence-electron chi connectivity index (χ2n) is 6.54. The van der Waals surface area contributed by atoms with E-state index in [1.807, 2.05) is 0 Å². The number of halogens is 3. The molecular formula is C15H21F3N4O2. The Morgan fingerprint density at radius 3 is 2.58 bits per heavy atom. The number of carbonyl (C=O) groups is 1. The third-order valence-corrected chi connectivity index (χ3v) is 4.75.